The van der Waals surface area contributed by atoms with Crippen molar-refractivity contribution in [1.29, 1.82) is 0 Å². The fraction of sp³-hybridized carbons (Fsp3) is 0.286. The summed E-state index contributed by atoms with van der Waals surface area (Å²) in [6.07, 6.45) is 2.09. The number of hydrogen-bond acceptors (Lipinski definition) is 5. The number of anilines is 2. The summed E-state index contributed by atoms with van der Waals surface area (Å²) in [4.78, 5) is 31.3. The number of amides is 2. The first-order valence-corrected chi connectivity index (χ1v) is 14.3. The molecule has 6 rings (SSSR count). The number of fused-ring (bicyclic) bond motifs is 2. The first-order chi connectivity index (χ1) is 18.6. The van der Waals surface area contributed by atoms with Crippen LogP contribution in [-0.2, 0) is 21.2 Å². The van der Waals surface area contributed by atoms with Gasteiger partial charge in [-0.05, 0) is 73.9 Å². The third kappa shape index (κ3) is 4.22. The van der Waals surface area contributed by atoms with E-state index in [-0.39, 0.29) is 23.3 Å². The van der Waals surface area contributed by atoms with Crippen LogP contribution in [0.1, 0.15) is 38.4 Å². The van der Waals surface area contributed by atoms with Gasteiger partial charge in [-0.15, -0.1) is 0 Å². The van der Waals surface area contributed by atoms with Crippen molar-refractivity contribution >= 4 is 44.9 Å². The lowest BCUT2D eigenvalue weighted by Crippen LogP contribution is -2.46. The normalized spacial score (nSPS) is 17.9. The predicted molar refractivity (Wildman–Crippen MR) is 147 cm³/mol. The van der Waals surface area contributed by atoms with E-state index in [4.69, 9.17) is 0 Å². The highest BCUT2D eigenvalue weighted by molar-refractivity contribution is 7.92. The molecule has 0 unspecified atom stereocenters. The minimum Gasteiger partial charge on any atom is -0.358 e. The fourth-order valence-electron chi connectivity index (χ4n) is 5.60. The predicted octanol–water partition coefficient (Wildman–Crippen LogP) is 3.06. The van der Waals surface area contributed by atoms with E-state index in [1.54, 1.807) is 12.1 Å². The molecule has 9 nitrogen and oxygen atoms in total. The summed E-state index contributed by atoms with van der Waals surface area (Å²) < 4.78 is 42.2. The van der Waals surface area contributed by atoms with Crippen LogP contribution in [0, 0.1) is 19.7 Å². The van der Waals surface area contributed by atoms with Gasteiger partial charge in [-0.3, -0.25) is 13.9 Å². The second kappa shape index (κ2) is 9.35. The number of carbonyl (C=O) groups is 2. The maximum absolute atomic E-state index is 13.7. The number of aryl methyl sites for hydroxylation is 1. The van der Waals surface area contributed by atoms with Crippen molar-refractivity contribution in [3.8, 4) is 0 Å². The molecule has 1 saturated heterocycles. The average Bonchev–Trinajstić information content (AvgIpc) is 3.57. The van der Waals surface area contributed by atoms with Gasteiger partial charge in [0.25, 0.3) is 21.8 Å². The molecular formula is C28H28FN5O4S. The summed E-state index contributed by atoms with van der Waals surface area (Å²) in [6, 6.07) is 8.63. The van der Waals surface area contributed by atoms with E-state index in [0.29, 0.717) is 64.5 Å². The van der Waals surface area contributed by atoms with Gasteiger partial charge in [-0.25, -0.2) is 12.8 Å². The SMILES string of the molecule is Cc1[nH]c(/C=C2\C(=O)Nc3ccc(S(=O)(=O)N4CCc5cc(F)ccc54)cc32)c(C)c1C(=O)N1CCNCC1. The van der Waals surface area contributed by atoms with Gasteiger partial charge in [0, 0.05) is 55.4 Å². The van der Waals surface area contributed by atoms with Crippen molar-refractivity contribution in [3.05, 3.63) is 75.9 Å². The lowest BCUT2D eigenvalue weighted by molar-refractivity contribution is -0.110. The number of carbonyl (C=O) groups excluding carboxylic acids is 2. The van der Waals surface area contributed by atoms with Gasteiger partial charge < -0.3 is 20.5 Å². The molecule has 202 valence electrons. The van der Waals surface area contributed by atoms with E-state index in [0.717, 1.165) is 18.7 Å². The van der Waals surface area contributed by atoms with Crippen molar-refractivity contribution in [2.75, 3.05) is 42.3 Å². The molecule has 3 aromatic rings. The summed E-state index contributed by atoms with van der Waals surface area (Å²) in [6.45, 7) is 6.63. The summed E-state index contributed by atoms with van der Waals surface area (Å²) in [5.74, 6) is -0.816. The molecule has 0 atom stereocenters. The number of nitrogens with one attached hydrogen (secondary N) is 3. The quantitative estimate of drug-likeness (QED) is 0.433. The Balaban J connectivity index is 1.36. The monoisotopic (exact) mass is 549 g/mol. The lowest BCUT2D eigenvalue weighted by atomic mass is 10.0. The number of piperazine rings is 1. The Bertz CT molecular complexity index is 1670. The minimum atomic E-state index is -3.95. The molecule has 2 aromatic carbocycles. The highest BCUT2D eigenvalue weighted by Gasteiger charge is 2.34. The summed E-state index contributed by atoms with van der Waals surface area (Å²) >= 11 is 0. The maximum Gasteiger partial charge on any atom is 0.264 e. The number of aromatic nitrogens is 1. The van der Waals surface area contributed by atoms with E-state index in [2.05, 4.69) is 15.6 Å². The molecule has 2 amide bonds. The zero-order chi connectivity index (χ0) is 27.5. The Morgan fingerprint density at radius 2 is 1.82 bits per heavy atom. The molecule has 3 aliphatic heterocycles. The number of nitrogens with zero attached hydrogens (tertiary/aromatic N) is 2. The largest absolute Gasteiger partial charge is 0.358 e. The van der Waals surface area contributed by atoms with Crippen molar-refractivity contribution in [3.63, 3.8) is 0 Å². The van der Waals surface area contributed by atoms with E-state index in [1.807, 2.05) is 18.7 Å². The van der Waals surface area contributed by atoms with E-state index >= 15 is 0 Å². The molecule has 39 heavy (non-hydrogen) atoms. The van der Waals surface area contributed by atoms with Crippen molar-refractivity contribution in [2.45, 2.75) is 25.2 Å². The smallest absolute Gasteiger partial charge is 0.264 e. The van der Waals surface area contributed by atoms with E-state index in [9.17, 15) is 22.4 Å². The average molecular weight is 550 g/mol. The number of hydrogen-bond donors (Lipinski definition) is 3. The third-order valence-corrected chi connectivity index (χ3v) is 9.45. The number of halogens is 1. The van der Waals surface area contributed by atoms with Crippen molar-refractivity contribution in [1.82, 2.24) is 15.2 Å². The van der Waals surface area contributed by atoms with Crippen LogP contribution in [0.25, 0.3) is 11.6 Å². The second-order valence-corrected chi connectivity index (χ2v) is 11.9. The third-order valence-electron chi connectivity index (χ3n) is 7.64. The highest BCUT2D eigenvalue weighted by atomic mass is 32.2. The minimum absolute atomic E-state index is 0.0368. The highest BCUT2D eigenvalue weighted by Crippen LogP contribution is 2.38. The number of sulfonamides is 1. The Morgan fingerprint density at radius 3 is 2.59 bits per heavy atom. The van der Waals surface area contributed by atoms with E-state index < -0.39 is 15.8 Å². The van der Waals surface area contributed by atoms with Crippen LogP contribution < -0.4 is 14.9 Å². The van der Waals surface area contributed by atoms with Crippen LogP contribution in [0.15, 0.2) is 41.3 Å². The van der Waals surface area contributed by atoms with Crippen LogP contribution in [0.3, 0.4) is 0 Å². The van der Waals surface area contributed by atoms with Gasteiger partial charge in [-0.1, -0.05) is 0 Å². The standard InChI is InChI=1S/C28H28FN5O4S/c1-16-24(31-17(2)26(16)28(36)33-11-8-30-9-12-33)15-22-21-14-20(4-5-23(21)32-27(22)35)39(37,38)34-10-7-18-13-19(29)3-6-25(18)34/h3-6,13-15,30-31H,7-12H2,1-2H3,(H,32,35)/b22-15-. The maximum atomic E-state index is 13.7. The lowest BCUT2D eigenvalue weighted by Gasteiger charge is -2.27. The summed E-state index contributed by atoms with van der Waals surface area (Å²) in [5.41, 5.74) is 5.01. The van der Waals surface area contributed by atoms with Crippen LogP contribution in [-0.4, -0.2) is 62.8 Å². The summed E-state index contributed by atoms with van der Waals surface area (Å²) in [7, 11) is -3.95. The molecular weight excluding hydrogens is 521 g/mol. The molecule has 0 bridgehead atoms. The fourth-order valence-corrected chi connectivity index (χ4v) is 7.13. The first kappa shape index (κ1) is 25.3. The van der Waals surface area contributed by atoms with Crippen LogP contribution in [0.2, 0.25) is 0 Å². The first-order valence-electron chi connectivity index (χ1n) is 12.8. The molecule has 0 radical (unpaired) electrons. The summed E-state index contributed by atoms with van der Waals surface area (Å²) in [5, 5.41) is 6.04. The van der Waals surface area contributed by atoms with Gasteiger partial charge in [0.1, 0.15) is 5.82 Å². The van der Waals surface area contributed by atoms with Crippen molar-refractivity contribution < 1.29 is 22.4 Å². The van der Waals surface area contributed by atoms with Crippen LogP contribution in [0.5, 0.6) is 0 Å². The second-order valence-electron chi connectivity index (χ2n) is 10.0. The molecule has 3 N–H and O–H groups in total. The number of benzene rings is 2. The van der Waals surface area contributed by atoms with Gasteiger partial charge in [-0.2, -0.15) is 0 Å². The molecule has 1 aromatic heterocycles. The Hall–Kier alpha value is -3.96. The Kier molecular flexibility index (Phi) is 6.07. The molecule has 0 aliphatic carbocycles. The van der Waals surface area contributed by atoms with Gasteiger partial charge in [0.2, 0.25) is 0 Å². The molecule has 4 heterocycles. The van der Waals surface area contributed by atoms with Crippen LogP contribution >= 0.6 is 0 Å². The van der Waals surface area contributed by atoms with Gasteiger partial charge >= 0.3 is 0 Å². The molecule has 0 spiro atoms. The van der Waals surface area contributed by atoms with Crippen molar-refractivity contribution in [2.24, 2.45) is 0 Å². The topological polar surface area (TPSA) is 115 Å². The Morgan fingerprint density at radius 1 is 1.05 bits per heavy atom. The number of aromatic amines is 1. The molecule has 11 heteroatoms. The molecule has 0 saturated carbocycles. The Labute approximate surface area is 225 Å². The zero-order valence-corrected chi connectivity index (χ0v) is 22.4. The zero-order valence-electron chi connectivity index (χ0n) is 21.6. The van der Waals surface area contributed by atoms with Gasteiger partial charge in [0.05, 0.1) is 21.7 Å². The van der Waals surface area contributed by atoms with E-state index in [1.165, 1.54) is 34.6 Å². The molecule has 3 aliphatic rings. The number of rotatable bonds is 4. The van der Waals surface area contributed by atoms with Crippen LogP contribution in [0.4, 0.5) is 15.8 Å². The molecule has 1 fully saturated rings. The van der Waals surface area contributed by atoms with Gasteiger partial charge in [0.15, 0.2) is 0 Å². The number of H-pyrrole nitrogens is 1.